The van der Waals surface area contributed by atoms with Crippen LogP contribution >= 0.6 is 15.9 Å². The number of aryl methyl sites for hydroxylation is 1. The molecule has 0 aliphatic rings. The third kappa shape index (κ3) is 5.66. The average Bonchev–Trinajstić information content (AvgIpc) is 3.36. The van der Waals surface area contributed by atoms with E-state index in [1.807, 2.05) is 12.1 Å². The number of H-pyrrole nitrogens is 1. The standard InChI is InChI=1S/C19H22BrFN6O/c1-22-19(23-9-2-4-13-6-7-14(20)12-15(13)21)24-10-8-17-25-18(27-26-17)16-5-3-11-28-16/h3,5-7,11-12H,2,4,8-10H2,1H3,(H2,22,23,24)(H,25,26,27). The van der Waals surface area contributed by atoms with Gasteiger partial charge >= 0.3 is 0 Å². The third-order valence-corrected chi connectivity index (χ3v) is 4.57. The fraction of sp³-hybridized carbons (Fsp3) is 0.316. The van der Waals surface area contributed by atoms with Crippen LogP contribution in [-0.2, 0) is 12.8 Å². The first kappa shape index (κ1) is 20.1. The first-order valence-corrected chi connectivity index (χ1v) is 9.78. The number of aromatic nitrogens is 3. The fourth-order valence-electron chi connectivity index (χ4n) is 2.65. The van der Waals surface area contributed by atoms with Crippen LogP contribution in [-0.4, -0.2) is 41.3 Å². The van der Waals surface area contributed by atoms with Crippen LogP contribution in [0.15, 0.2) is 50.5 Å². The number of rotatable bonds is 8. The first-order chi connectivity index (χ1) is 13.7. The van der Waals surface area contributed by atoms with Gasteiger partial charge in [-0.25, -0.2) is 9.37 Å². The number of halogens is 2. The molecule has 3 rings (SSSR count). The number of hydrogen-bond acceptors (Lipinski definition) is 4. The van der Waals surface area contributed by atoms with E-state index in [4.69, 9.17) is 4.42 Å². The summed E-state index contributed by atoms with van der Waals surface area (Å²) < 4.78 is 19.8. The van der Waals surface area contributed by atoms with Crippen molar-refractivity contribution in [2.75, 3.05) is 20.1 Å². The van der Waals surface area contributed by atoms with Gasteiger partial charge in [0.1, 0.15) is 11.6 Å². The Morgan fingerprint density at radius 3 is 2.86 bits per heavy atom. The minimum atomic E-state index is -0.183. The predicted octanol–water partition coefficient (Wildman–Crippen LogP) is 3.31. The fourth-order valence-corrected chi connectivity index (χ4v) is 2.99. The summed E-state index contributed by atoms with van der Waals surface area (Å²) in [5.41, 5.74) is 0.714. The van der Waals surface area contributed by atoms with Gasteiger partial charge in [-0.05, 0) is 42.7 Å². The number of aliphatic imine (C=N–C) groups is 1. The van der Waals surface area contributed by atoms with E-state index in [0.29, 0.717) is 49.0 Å². The van der Waals surface area contributed by atoms with E-state index < -0.39 is 0 Å². The molecule has 0 bridgehead atoms. The highest BCUT2D eigenvalue weighted by Gasteiger charge is 2.08. The van der Waals surface area contributed by atoms with Crippen molar-refractivity contribution in [3.63, 3.8) is 0 Å². The van der Waals surface area contributed by atoms with Gasteiger partial charge in [0.25, 0.3) is 0 Å². The molecule has 0 saturated carbocycles. The van der Waals surface area contributed by atoms with E-state index in [1.54, 1.807) is 25.4 Å². The molecule has 7 nitrogen and oxygen atoms in total. The molecule has 9 heteroatoms. The number of furan rings is 1. The molecule has 0 atom stereocenters. The Bertz CT molecular complexity index is 909. The second-order valence-corrected chi connectivity index (χ2v) is 7.01. The van der Waals surface area contributed by atoms with Crippen molar-refractivity contribution in [2.24, 2.45) is 4.99 Å². The van der Waals surface area contributed by atoms with Crippen LogP contribution in [0.1, 0.15) is 17.8 Å². The Morgan fingerprint density at radius 2 is 2.11 bits per heavy atom. The second kappa shape index (κ2) is 10.0. The number of benzene rings is 1. The summed E-state index contributed by atoms with van der Waals surface area (Å²) in [6.45, 7) is 1.34. The van der Waals surface area contributed by atoms with Crippen LogP contribution < -0.4 is 10.6 Å². The molecule has 1 aromatic carbocycles. The molecule has 0 aliphatic carbocycles. The van der Waals surface area contributed by atoms with Crippen LogP contribution in [0.3, 0.4) is 0 Å². The zero-order valence-electron chi connectivity index (χ0n) is 15.5. The van der Waals surface area contributed by atoms with Crippen LogP contribution in [0, 0.1) is 5.82 Å². The summed E-state index contributed by atoms with van der Waals surface area (Å²) in [4.78, 5) is 8.59. The van der Waals surface area contributed by atoms with Crippen molar-refractivity contribution in [3.05, 3.63) is 58.3 Å². The van der Waals surface area contributed by atoms with Gasteiger partial charge in [0.2, 0.25) is 5.82 Å². The molecule has 0 amide bonds. The van der Waals surface area contributed by atoms with Crippen LogP contribution in [0.2, 0.25) is 0 Å². The molecule has 28 heavy (non-hydrogen) atoms. The highest BCUT2D eigenvalue weighted by Crippen LogP contribution is 2.16. The van der Waals surface area contributed by atoms with Crippen molar-refractivity contribution in [2.45, 2.75) is 19.3 Å². The summed E-state index contributed by atoms with van der Waals surface area (Å²) in [5, 5.41) is 13.5. The van der Waals surface area contributed by atoms with Crippen molar-refractivity contribution in [1.29, 1.82) is 0 Å². The lowest BCUT2D eigenvalue weighted by molar-refractivity contribution is 0.577. The maximum Gasteiger partial charge on any atom is 0.216 e. The summed E-state index contributed by atoms with van der Waals surface area (Å²) in [7, 11) is 1.72. The number of nitrogens with one attached hydrogen (secondary N) is 3. The van der Waals surface area contributed by atoms with Crippen LogP contribution in [0.4, 0.5) is 4.39 Å². The average molecular weight is 449 g/mol. The Hall–Kier alpha value is -2.68. The molecule has 0 unspecified atom stereocenters. The largest absolute Gasteiger partial charge is 0.461 e. The Kier molecular flexibility index (Phi) is 7.18. The quantitative estimate of drug-likeness (QED) is 0.279. The third-order valence-electron chi connectivity index (χ3n) is 4.08. The SMILES string of the molecule is CN=C(NCCCc1ccc(Br)cc1F)NCCc1nc(-c2ccco2)n[nH]1. The lowest BCUT2D eigenvalue weighted by atomic mass is 10.1. The monoisotopic (exact) mass is 448 g/mol. The summed E-state index contributed by atoms with van der Waals surface area (Å²) >= 11 is 3.27. The topological polar surface area (TPSA) is 91.1 Å². The summed E-state index contributed by atoms with van der Waals surface area (Å²) in [5.74, 6) is 2.46. The van der Waals surface area contributed by atoms with Crippen molar-refractivity contribution >= 4 is 21.9 Å². The molecule has 0 radical (unpaired) electrons. The van der Waals surface area contributed by atoms with Crippen molar-refractivity contribution in [1.82, 2.24) is 25.8 Å². The molecule has 0 fully saturated rings. The molecule has 148 valence electrons. The van der Waals surface area contributed by atoms with Gasteiger partial charge in [0.15, 0.2) is 11.7 Å². The molecule has 3 N–H and O–H groups in total. The van der Waals surface area contributed by atoms with Gasteiger partial charge < -0.3 is 15.1 Å². The molecule has 0 spiro atoms. The molecule has 0 aliphatic heterocycles. The maximum absolute atomic E-state index is 13.8. The maximum atomic E-state index is 13.8. The van der Waals surface area contributed by atoms with Gasteiger partial charge in [0, 0.05) is 31.0 Å². The smallest absolute Gasteiger partial charge is 0.216 e. The van der Waals surface area contributed by atoms with E-state index in [2.05, 4.69) is 46.7 Å². The Balaban J connectivity index is 1.37. The lowest BCUT2D eigenvalue weighted by Gasteiger charge is -2.11. The molecular weight excluding hydrogens is 427 g/mol. The highest BCUT2D eigenvalue weighted by molar-refractivity contribution is 9.10. The zero-order valence-corrected chi connectivity index (χ0v) is 17.1. The van der Waals surface area contributed by atoms with E-state index in [0.717, 1.165) is 16.7 Å². The van der Waals surface area contributed by atoms with E-state index in [9.17, 15) is 4.39 Å². The predicted molar refractivity (Wildman–Crippen MR) is 110 cm³/mol. The Labute approximate surface area is 171 Å². The van der Waals surface area contributed by atoms with E-state index >= 15 is 0 Å². The number of aromatic amines is 1. The van der Waals surface area contributed by atoms with E-state index in [-0.39, 0.29) is 5.82 Å². The molecule has 2 aromatic heterocycles. The summed E-state index contributed by atoms with van der Waals surface area (Å²) in [6, 6.07) is 8.77. The molecule has 3 aromatic rings. The zero-order chi connectivity index (χ0) is 19.8. The number of hydrogen-bond donors (Lipinski definition) is 3. The van der Waals surface area contributed by atoms with Crippen molar-refractivity contribution in [3.8, 4) is 11.6 Å². The van der Waals surface area contributed by atoms with Gasteiger partial charge in [-0.3, -0.25) is 10.1 Å². The van der Waals surface area contributed by atoms with Gasteiger partial charge in [-0.1, -0.05) is 22.0 Å². The molecule has 0 saturated heterocycles. The van der Waals surface area contributed by atoms with Gasteiger partial charge in [-0.15, -0.1) is 0 Å². The van der Waals surface area contributed by atoms with Gasteiger partial charge in [0.05, 0.1) is 6.26 Å². The Morgan fingerprint density at radius 1 is 1.25 bits per heavy atom. The minimum absolute atomic E-state index is 0.183. The lowest BCUT2D eigenvalue weighted by Crippen LogP contribution is -2.38. The molecular formula is C19H22BrFN6O. The molecule has 2 heterocycles. The highest BCUT2D eigenvalue weighted by atomic mass is 79.9. The van der Waals surface area contributed by atoms with Crippen LogP contribution in [0.5, 0.6) is 0 Å². The normalized spacial score (nSPS) is 11.6. The second-order valence-electron chi connectivity index (χ2n) is 6.10. The van der Waals surface area contributed by atoms with Crippen molar-refractivity contribution < 1.29 is 8.81 Å². The number of nitrogens with zero attached hydrogens (tertiary/aromatic N) is 3. The van der Waals surface area contributed by atoms with Gasteiger partial charge in [-0.2, -0.15) is 5.10 Å². The van der Waals surface area contributed by atoms with E-state index in [1.165, 1.54) is 6.07 Å². The number of guanidine groups is 1. The van der Waals surface area contributed by atoms with Crippen LogP contribution in [0.25, 0.3) is 11.6 Å². The first-order valence-electron chi connectivity index (χ1n) is 8.99. The minimum Gasteiger partial charge on any atom is -0.461 e. The summed E-state index contributed by atoms with van der Waals surface area (Å²) in [6.07, 6.45) is 3.72.